The largest absolute Gasteiger partial charge is 0.439 e. The van der Waals surface area contributed by atoms with Gasteiger partial charge in [0.1, 0.15) is 5.84 Å². The summed E-state index contributed by atoms with van der Waals surface area (Å²) < 4.78 is 4.30. The highest BCUT2D eigenvalue weighted by Gasteiger charge is 2.07. The van der Waals surface area contributed by atoms with Gasteiger partial charge in [0.25, 0.3) is 0 Å². The molecule has 5 heteroatoms. The molecular weight excluding hydrogens is 122 g/mol. The Labute approximate surface area is 52.5 Å². The number of hydrogen-bond acceptors (Lipinski definition) is 3. The first-order valence-corrected chi connectivity index (χ1v) is 2.34. The molecule has 9 heavy (non-hydrogen) atoms. The number of nitrogens with one attached hydrogen (secondary N) is 1. The Hall–Kier alpha value is -1.26. The van der Waals surface area contributed by atoms with E-state index in [0.717, 1.165) is 0 Å². The molecule has 0 spiro atoms. The molecule has 1 unspecified atom stereocenters. The summed E-state index contributed by atoms with van der Waals surface area (Å²) >= 11 is 0. The summed E-state index contributed by atoms with van der Waals surface area (Å²) in [5.74, 6) is -0.214. The molecule has 0 saturated carbocycles. The van der Waals surface area contributed by atoms with E-state index < -0.39 is 12.2 Å². The second-order valence-corrected chi connectivity index (χ2v) is 1.53. The van der Waals surface area contributed by atoms with E-state index >= 15 is 0 Å². The molecular formula is C4H9N3O2. The molecule has 0 aromatic rings. The molecule has 0 radical (unpaired) electrons. The third kappa shape index (κ3) is 3.33. The van der Waals surface area contributed by atoms with Crippen molar-refractivity contribution in [3.63, 3.8) is 0 Å². The predicted octanol–water partition coefficient (Wildman–Crippen LogP) is -0.594. The number of amides is 1. The van der Waals surface area contributed by atoms with Gasteiger partial charge in [-0.15, -0.1) is 0 Å². The van der Waals surface area contributed by atoms with Crippen molar-refractivity contribution in [2.24, 2.45) is 11.5 Å². The minimum absolute atomic E-state index is 0.214. The van der Waals surface area contributed by atoms with Crippen molar-refractivity contribution in [1.82, 2.24) is 0 Å². The fourth-order valence-electron chi connectivity index (χ4n) is 0.238. The van der Waals surface area contributed by atoms with Crippen LogP contribution in [-0.4, -0.2) is 18.0 Å². The number of rotatable bonds is 2. The Balaban J connectivity index is 3.63. The van der Waals surface area contributed by atoms with Gasteiger partial charge < -0.3 is 16.2 Å². The van der Waals surface area contributed by atoms with Crippen molar-refractivity contribution in [3.8, 4) is 0 Å². The molecule has 0 aromatic carbocycles. The highest BCUT2D eigenvalue weighted by molar-refractivity contribution is 5.83. The smallest absolute Gasteiger partial charge is 0.405 e. The Kier molecular flexibility index (Phi) is 2.50. The van der Waals surface area contributed by atoms with Gasteiger partial charge >= 0.3 is 6.09 Å². The first-order valence-electron chi connectivity index (χ1n) is 2.34. The molecule has 0 aliphatic carbocycles. The van der Waals surface area contributed by atoms with Crippen LogP contribution in [0.5, 0.6) is 0 Å². The maximum atomic E-state index is 9.96. The van der Waals surface area contributed by atoms with Crippen LogP contribution < -0.4 is 11.5 Å². The molecule has 0 heterocycles. The van der Waals surface area contributed by atoms with Gasteiger partial charge in [-0.1, -0.05) is 0 Å². The van der Waals surface area contributed by atoms with E-state index in [9.17, 15) is 4.79 Å². The predicted molar refractivity (Wildman–Crippen MR) is 32.0 cm³/mol. The van der Waals surface area contributed by atoms with Crippen molar-refractivity contribution in [2.75, 3.05) is 0 Å². The van der Waals surface area contributed by atoms with Crippen LogP contribution in [0.4, 0.5) is 4.79 Å². The second-order valence-electron chi connectivity index (χ2n) is 1.53. The molecule has 5 nitrogen and oxygen atoms in total. The molecule has 0 aromatic heterocycles. The van der Waals surface area contributed by atoms with E-state index in [4.69, 9.17) is 11.1 Å². The average molecular weight is 131 g/mol. The summed E-state index contributed by atoms with van der Waals surface area (Å²) in [6.07, 6.45) is -1.64. The van der Waals surface area contributed by atoms with Gasteiger partial charge in [-0.2, -0.15) is 0 Å². The zero-order valence-electron chi connectivity index (χ0n) is 5.05. The molecule has 52 valence electrons. The summed E-state index contributed by atoms with van der Waals surface area (Å²) in [5, 5.41) is 6.74. The van der Waals surface area contributed by atoms with Crippen LogP contribution in [0.3, 0.4) is 0 Å². The number of primary amides is 1. The minimum atomic E-state index is -0.919. The summed E-state index contributed by atoms with van der Waals surface area (Å²) in [6.45, 7) is 1.47. The van der Waals surface area contributed by atoms with Crippen molar-refractivity contribution >= 4 is 11.9 Å². The van der Waals surface area contributed by atoms with Crippen LogP contribution in [0.15, 0.2) is 0 Å². The van der Waals surface area contributed by atoms with Gasteiger partial charge in [-0.25, -0.2) is 4.79 Å². The molecule has 1 atom stereocenters. The summed E-state index contributed by atoms with van der Waals surface area (Å²) in [4.78, 5) is 9.96. The monoisotopic (exact) mass is 131 g/mol. The molecule has 0 saturated heterocycles. The lowest BCUT2D eigenvalue weighted by molar-refractivity contribution is 0.143. The first kappa shape index (κ1) is 7.74. The minimum Gasteiger partial charge on any atom is -0.439 e. The highest BCUT2D eigenvalue weighted by atomic mass is 16.6. The first-order chi connectivity index (χ1) is 4.04. The Morgan fingerprint density at radius 3 is 2.22 bits per heavy atom. The SMILES string of the molecule is CC(OC(N)=O)C(=N)N. The fraction of sp³-hybridized carbons (Fsp3) is 0.500. The Morgan fingerprint density at radius 2 is 2.11 bits per heavy atom. The van der Waals surface area contributed by atoms with Gasteiger partial charge in [0.05, 0.1) is 0 Å². The number of nitrogens with two attached hydrogens (primary N) is 2. The lowest BCUT2D eigenvalue weighted by Gasteiger charge is -2.07. The van der Waals surface area contributed by atoms with Gasteiger partial charge in [0.15, 0.2) is 6.10 Å². The van der Waals surface area contributed by atoms with Crippen LogP contribution >= 0.6 is 0 Å². The van der Waals surface area contributed by atoms with E-state index in [2.05, 4.69) is 10.5 Å². The summed E-state index contributed by atoms with van der Waals surface area (Å²) in [5.41, 5.74) is 9.55. The normalized spacial score (nSPS) is 12.1. The molecule has 0 fully saturated rings. The maximum absolute atomic E-state index is 9.96. The van der Waals surface area contributed by atoms with Crippen molar-refractivity contribution in [3.05, 3.63) is 0 Å². The van der Waals surface area contributed by atoms with Crippen LogP contribution in [0.25, 0.3) is 0 Å². The van der Waals surface area contributed by atoms with Crippen LogP contribution in [-0.2, 0) is 4.74 Å². The number of hydrogen-bond donors (Lipinski definition) is 3. The van der Waals surface area contributed by atoms with E-state index in [1.165, 1.54) is 6.92 Å². The van der Waals surface area contributed by atoms with Crippen molar-refractivity contribution in [2.45, 2.75) is 13.0 Å². The summed E-state index contributed by atoms with van der Waals surface area (Å²) in [7, 11) is 0. The number of carbonyl (C=O) groups excluding carboxylic acids is 1. The highest BCUT2D eigenvalue weighted by Crippen LogP contribution is 1.86. The number of amidine groups is 1. The van der Waals surface area contributed by atoms with Gasteiger partial charge in [0, 0.05) is 0 Å². The second kappa shape index (κ2) is 2.91. The maximum Gasteiger partial charge on any atom is 0.405 e. The summed E-state index contributed by atoms with van der Waals surface area (Å²) in [6, 6.07) is 0. The van der Waals surface area contributed by atoms with Gasteiger partial charge in [0.2, 0.25) is 0 Å². The van der Waals surface area contributed by atoms with Crippen LogP contribution in [0.1, 0.15) is 6.92 Å². The zero-order chi connectivity index (χ0) is 7.44. The van der Waals surface area contributed by atoms with Crippen LogP contribution in [0.2, 0.25) is 0 Å². The topological polar surface area (TPSA) is 102 Å². The standard InChI is InChI=1S/C4H9N3O2/c1-2(3(5)6)9-4(7)8/h2H,1H3,(H3,5,6)(H2,7,8). The van der Waals surface area contributed by atoms with E-state index in [1.807, 2.05) is 0 Å². The number of ether oxygens (including phenoxy) is 1. The van der Waals surface area contributed by atoms with Crippen molar-refractivity contribution in [1.29, 1.82) is 5.41 Å². The van der Waals surface area contributed by atoms with E-state index in [1.54, 1.807) is 0 Å². The van der Waals surface area contributed by atoms with Gasteiger partial charge in [-0.3, -0.25) is 5.41 Å². The third-order valence-electron chi connectivity index (χ3n) is 0.731. The van der Waals surface area contributed by atoms with Crippen LogP contribution in [0, 0.1) is 5.41 Å². The van der Waals surface area contributed by atoms with E-state index in [-0.39, 0.29) is 5.84 Å². The lowest BCUT2D eigenvalue weighted by Crippen LogP contribution is -2.31. The lowest BCUT2D eigenvalue weighted by atomic mass is 10.4. The molecule has 1 amide bonds. The van der Waals surface area contributed by atoms with Crippen molar-refractivity contribution < 1.29 is 9.53 Å². The molecule has 5 N–H and O–H groups in total. The third-order valence-corrected chi connectivity index (χ3v) is 0.731. The molecule has 0 rings (SSSR count). The van der Waals surface area contributed by atoms with Gasteiger partial charge in [-0.05, 0) is 6.92 Å². The molecule has 0 bridgehead atoms. The molecule has 0 aliphatic rings. The Bertz CT molecular complexity index is 134. The number of carbonyl (C=O) groups is 1. The van der Waals surface area contributed by atoms with E-state index in [0.29, 0.717) is 0 Å². The fourth-order valence-corrected chi connectivity index (χ4v) is 0.238. The quantitative estimate of drug-likeness (QED) is 0.344. The Morgan fingerprint density at radius 1 is 1.67 bits per heavy atom. The zero-order valence-corrected chi connectivity index (χ0v) is 5.05. The molecule has 0 aliphatic heterocycles. The average Bonchev–Trinajstić information content (AvgIpc) is 1.63.